The molecule has 0 radical (unpaired) electrons. The molecule has 0 aliphatic carbocycles. The molecule has 2 aromatic heterocycles. The van der Waals surface area contributed by atoms with Crippen LogP contribution in [0.5, 0.6) is 0 Å². The van der Waals surface area contributed by atoms with Crippen molar-refractivity contribution in [1.29, 1.82) is 0 Å². The Bertz CT molecular complexity index is 863. The number of nitrogens with one attached hydrogen (secondary N) is 1. The normalized spacial score (nSPS) is 14.3. The van der Waals surface area contributed by atoms with Gasteiger partial charge in [-0.1, -0.05) is 23.7 Å². The molecule has 1 aliphatic rings. The zero-order valence-electron chi connectivity index (χ0n) is 13.0. The first kappa shape index (κ1) is 15.4. The van der Waals surface area contributed by atoms with Crippen LogP contribution in [-0.4, -0.2) is 33.9 Å². The molecule has 3 aromatic rings. The van der Waals surface area contributed by atoms with E-state index in [-0.39, 0.29) is 5.91 Å². The van der Waals surface area contributed by atoms with E-state index in [0.29, 0.717) is 10.7 Å². The summed E-state index contributed by atoms with van der Waals surface area (Å²) in [6.45, 7) is 1.70. The van der Waals surface area contributed by atoms with Crippen LogP contribution in [0.3, 0.4) is 0 Å². The van der Waals surface area contributed by atoms with Crippen molar-refractivity contribution in [2.24, 2.45) is 0 Å². The largest absolute Gasteiger partial charge is 0.357 e. The number of aromatic nitrogens is 2. The standard InChI is InChI=1S/C18H16ClN3OS/c19-14-5-3-12(4-6-14)17-21-16(11-24-17)13-9-15(20-10-13)18(23)22-7-1-2-8-22/h3-6,9-11,20H,1-2,7-8H2. The van der Waals surface area contributed by atoms with E-state index >= 15 is 0 Å². The van der Waals surface area contributed by atoms with Crippen molar-refractivity contribution in [3.63, 3.8) is 0 Å². The number of carbonyl (C=O) groups is 1. The molecule has 0 spiro atoms. The minimum atomic E-state index is 0.0758. The Hall–Kier alpha value is -2.11. The molecule has 122 valence electrons. The first-order chi connectivity index (χ1) is 11.7. The van der Waals surface area contributed by atoms with E-state index in [1.807, 2.05) is 46.8 Å². The van der Waals surface area contributed by atoms with Gasteiger partial charge >= 0.3 is 0 Å². The highest BCUT2D eigenvalue weighted by molar-refractivity contribution is 7.13. The molecule has 0 saturated carbocycles. The van der Waals surface area contributed by atoms with Gasteiger partial charge in [-0.2, -0.15) is 0 Å². The molecule has 6 heteroatoms. The zero-order valence-corrected chi connectivity index (χ0v) is 14.5. The number of thiazole rings is 1. The van der Waals surface area contributed by atoms with Crippen molar-refractivity contribution in [1.82, 2.24) is 14.9 Å². The summed E-state index contributed by atoms with van der Waals surface area (Å²) in [7, 11) is 0. The number of rotatable bonds is 3. The molecule has 1 aromatic carbocycles. The van der Waals surface area contributed by atoms with Gasteiger partial charge in [-0.25, -0.2) is 4.98 Å². The van der Waals surface area contributed by atoms with Crippen LogP contribution in [0.15, 0.2) is 41.9 Å². The van der Waals surface area contributed by atoms with Crippen LogP contribution < -0.4 is 0 Å². The third-order valence-electron chi connectivity index (χ3n) is 4.20. The molecule has 1 fully saturated rings. The highest BCUT2D eigenvalue weighted by atomic mass is 35.5. The number of H-pyrrole nitrogens is 1. The van der Waals surface area contributed by atoms with Gasteiger partial charge < -0.3 is 9.88 Å². The van der Waals surface area contributed by atoms with E-state index in [0.717, 1.165) is 47.8 Å². The van der Waals surface area contributed by atoms with Crippen molar-refractivity contribution in [3.05, 3.63) is 52.6 Å². The Balaban J connectivity index is 1.56. The van der Waals surface area contributed by atoms with Crippen LogP contribution >= 0.6 is 22.9 Å². The number of amides is 1. The number of hydrogen-bond donors (Lipinski definition) is 1. The highest BCUT2D eigenvalue weighted by Crippen LogP contribution is 2.30. The lowest BCUT2D eigenvalue weighted by Gasteiger charge is -2.13. The third kappa shape index (κ3) is 2.97. The Labute approximate surface area is 149 Å². The van der Waals surface area contributed by atoms with E-state index in [4.69, 9.17) is 11.6 Å². The molecule has 0 bridgehead atoms. The smallest absolute Gasteiger partial charge is 0.270 e. The molecule has 1 saturated heterocycles. The summed E-state index contributed by atoms with van der Waals surface area (Å²) < 4.78 is 0. The van der Waals surface area contributed by atoms with E-state index in [9.17, 15) is 4.79 Å². The fourth-order valence-electron chi connectivity index (χ4n) is 2.89. The fourth-order valence-corrected chi connectivity index (χ4v) is 3.85. The molecule has 24 heavy (non-hydrogen) atoms. The van der Waals surface area contributed by atoms with Gasteiger partial charge in [0.05, 0.1) is 5.69 Å². The summed E-state index contributed by atoms with van der Waals surface area (Å²) in [5.74, 6) is 0.0758. The molecule has 0 unspecified atom stereocenters. The predicted molar refractivity (Wildman–Crippen MR) is 97.5 cm³/mol. The molecule has 1 aliphatic heterocycles. The Morgan fingerprint density at radius 1 is 1.17 bits per heavy atom. The fraction of sp³-hybridized carbons (Fsp3) is 0.222. The van der Waals surface area contributed by atoms with Crippen LogP contribution in [0.4, 0.5) is 0 Å². The van der Waals surface area contributed by atoms with Crippen LogP contribution in [0.25, 0.3) is 21.8 Å². The second-order valence-corrected chi connectivity index (χ2v) is 7.14. The molecule has 4 rings (SSSR count). The number of benzene rings is 1. The lowest BCUT2D eigenvalue weighted by molar-refractivity contribution is 0.0788. The van der Waals surface area contributed by atoms with Gasteiger partial charge in [0.15, 0.2) is 0 Å². The average molecular weight is 358 g/mol. The van der Waals surface area contributed by atoms with Crippen molar-refractivity contribution < 1.29 is 4.79 Å². The molecular formula is C18H16ClN3OS. The number of aromatic amines is 1. The lowest BCUT2D eigenvalue weighted by Crippen LogP contribution is -2.27. The van der Waals surface area contributed by atoms with Crippen molar-refractivity contribution in [2.75, 3.05) is 13.1 Å². The molecule has 1 N–H and O–H groups in total. The highest BCUT2D eigenvalue weighted by Gasteiger charge is 2.21. The van der Waals surface area contributed by atoms with E-state index in [1.165, 1.54) is 0 Å². The van der Waals surface area contributed by atoms with Crippen LogP contribution in [0.1, 0.15) is 23.3 Å². The Morgan fingerprint density at radius 3 is 2.67 bits per heavy atom. The first-order valence-electron chi connectivity index (χ1n) is 7.90. The summed E-state index contributed by atoms with van der Waals surface area (Å²) in [5, 5.41) is 3.67. The zero-order chi connectivity index (χ0) is 16.5. The summed E-state index contributed by atoms with van der Waals surface area (Å²) in [5.41, 5.74) is 3.49. The summed E-state index contributed by atoms with van der Waals surface area (Å²) >= 11 is 7.51. The van der Waals surface area contributed by atoms with Gasteiger partial charge in [-0.3, -0.25) is 4.79 Å². The van der Waals surface area contributed by atoms with Gasteiger partial charge in [0, 0.05) is 40.8 Å². The minimum Gasteiger partial charge on any atom is -0.357 e. The summed E-state index contributed by atoms with van der Waals surface area (Å²) in [6.07, 6.45) is 4.04. The monoisotopic (exact) mass is 357 g/mol. The van der Waals surface area contributed by atoms with Gasteiger partial charge in [0.1, 0.15) is 10.7 Å². The molecule has 3 heterocycles. The number of nitrogens with zero attached hydrogens (tertiary/aromatic N) is 2. The minimum absolute atomic E-state index is 0.0758. The maximum atomic E-state index is 12.4. The van der Waals surface area contributed by atoms with Crippen molar-refractivity contribution in [3.8, 4) is 21.8 Å². The SMILES string of the molecule is O=C(c1cc(-c2csc(-c3ccc(Cl)cc3)n2)c[nH]1)N1CCCC1. The van der Waals surface area contributed by atoms with E-state index in [2.05, 4.69) is 9.97 Å². The molecule has 4 nitrogen and oxygen atoms in total. The van der Waals surface area contributed by atoms with Gasteiger partial charge in [0.25, 0.3) is 5.91 Å². The number of halogens is 1. The number of hydrogen-bond acceptors (Lipinski definition) is 3. The Morgan fingerprint density at radius 2 is 1.92 bits per heavy atom. The topological polar surface area (TPSA) is 49.0 Å². The molecule has 1 amide bonds. The van der Waals surface area contributed by atoms with Gasteiger partial charge in [-0.15, -0.1) is 11.3 Å². The molecular weight excluding hydrogens is 342 g/mol. The number of carbonyl (C=O) groups excluding carboxylic acids is 1. The van der Waals surface area contributed by atoms with Crippen LogP contribution in [-0.2, 0) is 0 Å². The van der Waals surface area contributed by atoms with E-state index in [1.54, 1.807) is 11.3 Å². The average Bonchev–Trinajstić information content (AvgIpc) is 3.34. The summed E-state index contributed by atoms with van der Waals surface area (Å²) in [6, 6.07) is 9.54. The van der Waals surface area contributed by atoms with Gasteiger partial charge in [0.2, 0.25) is 0 Å². The maximum Gasteiger partial charge on any atom is 0.270 e. The van der Waals surface area contributed by atoms with Crippen molar-refractivity contribution >= 4 is 28.8 Å². The van der Waals surface area contributed by atoms with Crippen molar-refractivity contribution in [2.45, 2.75) is 12.8 Å². The maximum absolute atomic E-state index is 12.4. The summed E-state index contributed by atoms with van der Waals surface area (Å²) in [4.78, 5) is 22.1. The van der Waals surface area contributed by atoms with Crippen LogP contribution in [0, 0.1) is 0 Å². The quantitative estimate of drug-likeness (QED) is 0.738. The first-order valence-corrected chi connectivity index (χ1v) is 9.16. The van der Waals surface area contributed by atoms with Gasteiger partial charge in [-0.05, 0) is 31.0 Å². The molecule has 0 atom stereocenters. The second kappa shape index (κ2) is 6.42. The Kier molecular flexibility index (Phi) is 4.12. The lowest BCUT2D eigenvalue weighted by atomic mass is 10.2. The second-order valence-electron chi connectivity index (χ2n) is 5.85. The number of likely N-dealkylation sites (tertiary alicyclic amines) is 1. The van der Waals surface area contributed by atoms with Crippen LogP contribution in [0.2, 0.25) is 5.02 Å². The van der Waals surface area contributed by atoms with E-state index < -0.39 is 0 Å². The third-order valence-corrected chi connectivity index (χ3v) is 5.34. The predicted octanol–water partition coefficient (Wildman–Crippen LogP) is 4.69.